The highest BCUT2D eigenvalue weighted by molar-refractivity contribution is 6.34. The third kappa shape index (κ3) is 4.41. The first kappa shape index (κ1) is 27.9. The van der Waals surface area contributed by atoms with E-state index in [-0.39, 0.29) is 37.5 Å². The summed E-state index contributed by atoms with van der Waals surface area (Å²) in [5, 5.41) is 10.9. The van der Waals surface area contributed by atoms with Gasteiger partial charge in [0.15, 0.2) is 0 Å². The van der Waals surface area contributed by atoms with Crippen LogP contribution in [-0.2, 0) is 23.9 Å². The second-order valence-electron chi connectivity index (χ2n) is 11.3. The van der Waals surface area contributed by atoms with E-state index in [1.54, 1.807) is 35.2 Å². The first-order valence-electron chi connectivity index (χ1n) is 13.9. The lowest BCUT2D eigenvalue weighted by atomic mass is 9.73. The van der Waals surface area contributed by atoms with Crippen molar-refractivity contribution in [3.05, 3.63) is 53.6 Å². The molecule has 1 spiro atoms. The Balaban J connectivity index is 1.71. The van der Waals surface area contributed by atoms with Crippen LogP contribution in [0.2, 0.25) is 5.02 Å². The van der Waals surface area contributed by atoms with Crippen molar-refractivity contribution in [3.8, 4) is 0 Å². The van der Waals surface area contributed by atoms with Gasteiger partial charge in [-0.15, -0.1) is 0 Å². The van der Waals surface area contributed by atoms with Crippen LogP contribution in [0.3, 0.4) is 0 Å². The highest BCUT2D eigenvalue weighted by Crippen LogP contribution is 2.59. The van der Waals surface area contributed by atoms with Gasteiger partial charge in [0.05, 0.1) is 35.9 Å². The molecule has 0 saturated carbocycles. The number of carbonyl (C=O) groups is 3. The molecule has 1 N–H and O–H groups in total. The fourth-order valence-corrected chi connectivity index (χ4v) is 7.15. The average molecular weight is 557 g/mol. The Labute approximate surface area is 234 Å². The van der Waals surface area contributed by atoms with Crippen molar-refractivity contribution >= 4 is 35.1 Å². The van der Waals surface area contributed by atoms with Crippen molar-refractivity contribution in [3.63, 3.8) is 0 Å². The monoisotopic (exact) mass is 556 g/mol. The molecule has 0 aliphatic carbocycles. The van der Waals surface area contributed by atoms with Gasteiger partial charge in [-0.2, -0.15) is 0 Å². The number of amides is 2. The zero-order chi connectivity index (χ0) is 27.9. The van der Waals surface area contributed by atoms with Crippen LogP contribution in [0.5, 0.6) is 0 Å². The summed E-state index contributed by atoms with van der Waals surface area (Å²) in [7, 11) is 0. The summed E-state index contributed by atoms with van der Waals surface area (Å²) in [6, 6.07) is 5.35. The van der Waals surface area contributed by atoms with E-state index in [1.807, 2.05) is 39.0 Å². The van der Waals surface area contributed by atoms with Crippen LogP contribution in [0.1, 0.15) is 46.5 Å². The summed E-state index contributed by atoms with van der Waals surface area (Å²) < 4.78 is 12.6. The number of aliphatic hydroxyl groups excluding tert-OH is 1. The number of allylic oxidation sites excluding steroid dienone is 1. The highest BCUT2D eigenvalue weighted by Gasteiger charge is 2.76. The standard InChI is InChI=1S/C30H37ClN2O6/c1-4-29-13-8-5-9-16-38-28(37)24(29)23-26(35)33(20(18-34)17-19(2)3)25-27(36)32(15-10-14-30(23,25)39-29)22-12-7-6-11-21(22)31/h6-8,10-14,19-20,23-25,34H,4-5,9,15-18H2,1-3H3/b13-8-/t20-,23+,24+,25?,29-,30+/m1/s1. The minimum absolute atomic E-state index is 0.149. The van der Waals surface area contributed by atoms with Crippen LogP contribution >= 0.6 is 11.6 Å². The molecule has 0 radical (unpaired) electrons. The second-order valence-corrected chi connectivity index (χ2v) is 11.8. The molecule has 5 rings (SSSR count). The van der Waals surface area contributed by atoms with Crippen molar-refractivity contribution in [2.75, 3.05) is 24.7 Å². The van der Waals surface area contributed by atoms with Gasteiger partial charge >= 0.3 is 5.97 Å². The number of cyclic esters (lactones) is 1. The molecule has 6 atom stereocenters. The van der Waals surface area contributed by atoms with Gasteiger partial charge in [0, 0.05) is 6.54 Å². The minimum Gasteiger partial charge on any atom is -0.465 e. The summed E-state index contributed by atoms with van der Waals surface area (Å²) >= 11 is 6.53. The van der Waals surface area contributed by atoms with Crippen molar-refractivity contribution in [2.45, 2.75) is 69.7 Å². The summed E-state index contributed by atoms with van der Waals surface area (Å²) in [4.78, 5) is 45.8. The Kier molecular flexibility index (Phi) is 7.65. The Hall–Kier alpha value is -2.68. The maximum absolute atomic E-state index is 14.6. The average Bonchev–Trinajstić information content (AvgIpc) is 3.29. The minimum atomic E-state index is -1.42. The summed E-state index contributed by atoms with van der Waals surface area (Å²) in [5.41, 5.74) is -2.00. The van der Waals surface area contributed by atoms with E-state index in [4.69, 9.17) is 21.1 Å². The second kappa shape index (κ2) is 10.7. The fraction of sp³-hybridized carbons (Fsp3) is 0.567. The van der Waals surface area contributed by atoms with Crippen LogP contribution in [0.25, 0.3) is 0 Å². The van der Waals surface area contributed by atoms with Crippen molar-refractivity contribution in [1.29, 1.82) is 0 Å². The Morgan fingerprint density at radius 1 is 1.10 bits per heavy atom. The maximum atomic E-state index is 14.6. The van der Waals surface area contributed by atoms with Gasteiger partial charge in [-0.3, -0.25) is 14.4 Å². The number of anilines is 1. The van der Waals surface area contributed by atoms with Gasteiger partial charge in [-0.25, -0.2) is 0 Å². The zero-order valence-electron chi connectivity index (χ0n) is 22.7. The summed E-state index contributed by atoms with van der Waals surface area (Å²) in [5.74, 6) is -2.98. The number of para-hydroxylation sites is 1. The first-order valence-corrected chi connectivity index (χ1v) is 14.3. The summed E-state index contributed by atoms with van der Waals surface area (Å²) in [6.07, 6.45) is 9.81. The Morgan fingerprint density at radius 2 is 1.87 bits per heavy atom. The number of hydrogen-bond donors (Lipinski definition) is 1. The number of likely N-dealkylation sites (tertiary alicyclic amines) is 1. The molecular formula is C30H37ClN2O6. The predicted octanol–water partition coefficient (Wildman–Crippen LogP) is 3.90. The van der Waals surface area contributed by atoms with Crippen LogP contribution in [-0.4, -0.2) is 70.8 Å². The molecule has 0 aromatic heterocycles. The Bertz CT molecular complexity index is 1200. The molecule has 9 heteroatoms. The molecule has 0 bridgehead atoms. The zero-order valence-corrected chi connectivity index (χ0v) is 23.5. The van der Waals surface area contributed by atoms with Gasteiger partial charge in [0.1, 0.15) is 23.2 Å². The SMILES string of the molecule is CC[C@@]12/C=C\CCCOC(=O)[C@@H]1[C@H]1C(=O)N([C@@H](CO)CC(C)C)C3C(=O)N(c4ccccc4Cl)CC=C[C@@]31O2. The Morgan fingerprint density at radius 3 is 2.56 bits per heavy atom. The lowest BCUT2D eigenvalue weighted by Crippen LogP contribution is -2.59. The molecule has 2 saturated heterocycles. The van der Waals surface area contributed by atoms with E-state index in [0.29, 0.717) is 36.4 Å². The van der Waals surface area contributed by atoms with Gasteiger partial charge in [0.25, 0.3) is 5.91 Å². The quantitative estimate of drug-likeness (QED) is 0.422. The number of ether oxygens (including phenoxy) is 2. The van der Waals surface area contributed by atoms with Crippen LogP contribution < -0.4 is 4.90 Å². The molecule has 39 heavy (non-hydrogen) atoms. The lowest BCUT2D eigenvalue weighted by molar-refractivity contribution is -0.161. The smallest absolute Gasteiger partial charge is 0.313 e. The highest BCUT2D eigenvalue weighted by atomic mass is 35.5. The van der Waals surface area contributed by atoms with Crippen LogP contribution in [0.4, 0.5) is 5.69 Å². The van der Waals surface area contributed by atoms with Crippen molar-refractivity contribution in [1.82, 2.24) is 4.90 Å². The molecule has 4 heterocycles. The molecular weight excluding hydrogens is 520 g/mol. The number of nitrogens with zero attached hydrogens (tertiary/aromatic N) is 2. The van der Waals surface area contributed by atoms with E-state index in [2.05, 4.69) is 0 Å². The molecule has 2 amide bonds. The first-order chi connectivity index (χ1) is 18.7. The maximum Gasteiger partial charge on any atom is 0.313 e. The molecule has 1 unspecified atom stereocenters. The summed E-state index contributed by atoms with van der Waals surface area (Å²) in [6.45, 7) is 6.08. The predicted molar refractivity (Wildman–Crippen MR) is 147 cm³/mol. The van der Waals surface area contributed by atoms with Gasteiger partial charge in [-0.05, 0) is 43.7 Å². The molecule has 1 aromatic carbocycles. The molecule has 210 valence electrons. The van der Waals surface area contributed by atoms with Crippen LogP contribution in [0, 0.1) is 17.8 Å². The number of esters is 1. The van der Waals surface area contributed by atoms with Crippen LogP contribution in [0.15, 0.2) is 48.6 Å². The molecule has 2 fully saturated rings. The van der Waals surface area contributed by atoms with E-state index < -0.39 is 41.1 Å². The number of hydrogen-bond acceptors (Lipinski definition) is 6. The van der Waals surface area contributed by atoms with Crippen molar-refractivity contribution in [2.24, 2.45) is 17.8 Å². The van der Waals surface area contributed by atoms with E-state index >= 15 is 0 Å². The molecule has 4 aliphatic heterocycles. The lowest BCUT2D eigenvalue weighted by Gasteiger charge is -2.41. The van der Waals surface area contributed by atoms with E-state index in [1.165, 1.54) is 4.90 Å². The topological polar surface area (TPSA) is 96.4 Å². The largest absolute Gasteiger partial charge is 0.465 e. The third-order valence-electron chi connectivity index (χ3n) is 8.56. The third-order valence-corrected chi connectivity index (χ3v) is 8.88. The van der Waals surface area contributed by atoms with Gasteiger partial charge in [-0.1, -0.05) is 68.8 Å². The van der Waals surface area contributed by atoms with E-state index in [9.17, 15) is 19.5 Å². The number of fused-ring (bicyclic) bond motifs is 2. The molecule has 8 nitrogen and oxygen atoms in total. The van der Waals surface area contributed by atoms with Gasteiger partial charge < -0.3 is 24.4 Å². The van der Waals surface area contributed by atoms with Gasteiger partial charge in [0.2, 0.25) is 5.91 Å². The number of rotatable bonds is 6. The number of halogens is 1. The van der Waals surface area contributed by atoms with Crippen molar-refractivity contribution < 1.29 is 29.0 Å². The number of benzene rings is 1. The number of aliphatic hydroxyl groups is 1. The van der Waals surface area contributed by atoms with E-state index in [0.717, 1.165) is 0 Å². The fourth-order valence-electron chi connectivity index (χ4n) is 6.91. The normalized spacial score (nSPS) is 34.0. The number of carbonyl (C=O) groups excluding carboxylic acids is 3. The molecule has 1 aromatic rings. The molecule has 4 aliphatic rings.